The summed E-state index contributed by atoms with van der Waals surface area (Å²) < 4.78 is 5.20. The maximum absolute atomic E-state index is 12.2. The lowest BCUT2D eigenvalue weighted by Gasteiger charge is -2.20. The smallest absolute Gasteiger partial charge is 0.338 e. The largest absolute Gasteiger partial charge is 0.478 e. The van der Waals surface area contributed by atoms with Crippen LogP contribution >= 0.6 is 0 Å². The molecule has 6 heteroatoms. The number of rotatable bonds is 7. The Morgan fingerprint density at radius 3 is 2.74 bits per heavy atom. The second-order valence-electron chi connectivity index (χ2n) is 3.79. The van der Waals surface area contributed by atoms with Gasteiger partial charge in [0.05, 0.1) is 12.2 Å². The molecular weight excluding hydrogens is 248 g/mol. The summed E-state index contributed by atoms with van der Waals surface area (Å²) in [6.07, 6.45) is 1.41. The molecule has 0 bridgehead atoms. The summed E-state index contributed by atoms with van der Waals surface area (Å²) in [5, 5.41) is 9.05. The Kier molecular flexibility index (Phi) is 5.95. The Hall–Kier alpha value is -1.95. The third-order valence-electron chi connectivity index (χ3n) is 2.62. The first-order valence-electron chi connectivity index (χ1n) is 6.17. The molecule has 0 aliphatic rings. The van der Waals surface area contributed by atoms with E-state index >= 15 is 0 Å². The Bertz CT molecular complexity index is 448. The molecule has 1 rings (SSSR count). The van der Waals surface area contributed by atoms with Crippen molar-refractivity contribution < 1.29 is 19.4 Å². The first kappa shape index (κ1) is 15.1. The predicted octanol–water partition coefficient (Wildman–Crippen LogP) is 1.28. The minimum atomic E-state index is -1.16. The normalized spacial score (nSPS) is 10.2. The van der Waals surface area contributed by atoms with Crippen molar-refractivity contribution >= 4 is 11.9 Å². The minimum Gasteiger partial charge on any atom is -0.478 e. The van der Waals surface area contributed by atoms with E-state index in [1.165, 1.54) is 23.2 Å². The van der Waals surface area contributed by atoms with E-state index in [0.717, 1.165) is 0 Å². The summed E-state index contributed by atoms with van der Waals surface area (Å²) in [4.78, 5) is 28.7. The number of pyridine rings is 1. The van der Waals surface area contributed by atoms with Crippen LogP contribution in [0.5, 0.6) is 0 Å². The number of aromatic nitrogens is 1. The average Bonchev–Trinajstić information content (AvgIpc) is 2.43. The molecule has 1 aromatic rings. The number of ether oxygens (including phenoxy) is 1. The third-order valence-corrected chi connectivity index (χ3v) is 2.62. The van der Waals surface area contributed by atoms with E-state index in [9.17, 15) is 9.59 Å². The van der Waals surface area contributed by atoms with E-state index in [0.29, 0.717) is 26.3 Å². The number of likely N-dealkylation sites (N-methyl/N-ethyl adjacent to an activating group) is 1. The van der Waals surface area contributed by atoms with E-state index in [2.05, 4.69) is 4.98 Å². The van der Waals surface area contributed by atoms with Crippen molar-refractivity contribution in [2.24, 2.45) is 0 Å². The summed E-state index contributed by atoms with van der Waals surface area (Å²) in [6.45, 7) is 5.59. The average molecular weight is 266 g/mol. The van der Waals surface area contributed by atoms with Crippen LogP contribution in [0.2, 0.25) is 0 Å². The predicted molar refractivity (Wildman–Crippen MR) is 69.3 cm³/mol. The molecule has 1 N–H and O–H groups in total. The summed E-state index contributed by atoms with van der Waals surface area (Å²) in [5.74, 6) is -1.54. The fraction of sp³-hybridized carbons (Fsp3) is 0.462. The van der Waals surface area contributed by atoms with Gasteiger partial charge in [0, 0.05) is 25.9 Å². The minimum absolute atomic E-state index is 0.0339. The van der Waals surface area contributed by atoms with Gasteiger partial charge in [0.15, 0.2) is 0 Å². The fourth-order valence-electron chi connectivity index (χ4n) is 1.62. The summed E-state index contributed by atoms with van der Waals surface area (Å²) in [6, 6.07) is 2.87. The van der Waals surface area contributed by atoms with Crippen molar-refractivity contribution in [3.05, 3.63) is 29.6 Å². The number of hydrogen-bond donors (Lipinski definition) is 1. The van der Waals surface area contributed by atoms with Crippen LogP contribution < -0.4 is 0 Å². The molecule has 19 heavy (non-hydrogen) atoms. The van der Waals surface area contributed by atoms with Gasteiger partial charge in [-0.25, -0.2) is 4.79 Å². The first-order chi connectivity index (χ1) is 9.11. The zero-order valence-electron chi connectivity index (χ0n) is 11.1. The Morgan fingerprint density at radius 2 is 2.16 bits per heavy atom. The lowest BCUT2D eigenvalue weighted by atomic mass is 10.1. The van der Waals surface area contributed by atoms with Crippen LogP contribution in [0, 0.1) is 0 Å². The van der Waals surface area contributed by atoms with Gasteiger partial charge >= 0.3 is 5.97 Å². The number of amides is 1. The van der Waals surface area contributed by atoms with Crippen LogP contribution in [-0.4, -0.2) is 53.2 Å². The molecule has 0 aromatic carbocycles. The van der Waals surface area contributed by atoms with Crippen LogP contribution in [-0.2, 0) is 4.74 Å². The SMILES string of the molecule is CCOCCN(CC)C(=O)c1ncccc1C(=O)O. The van der Waals surface area contributed by atoms with E-state index in [-0.39, 0.29) is 17.2 Å². The molecule has 1 amide bonds. The van der Waals surface area contributed by atoms with Crippen molar-refractivity contribution in [2.45, 2.75) is 13.8 Å². The van der Waals surface area contributed by atoms with Gasteiger partial charge in [0.25, 0.3) is 5.91 Å². The first-order valence-corrected chi connectivity index (χ1v) is 6.17. The molecule has 0 aliphatic heterocycles. The van der Waals surface area contributed by atoms with Crippen molar-refractivity contribution in [3.8, 4) is 0 Å². The van der Waals surface area contributed by atoms with Crippen LogP contribution in [0.3, 0.4) is 0 Å². The molecule has 0 atom stereocenters. The van der Waals surface area contributed by atoms with Crippen molar-refractivity contribution in [1.82, 2.24) is 9.88 Å². The molecule has 6 nitrogen and oxygen atoms in total. The van der Waals surface area contributed by atoms with Gasteiger partial charge in [-0.2, -0.15) is 0 Å². The maximum atomic E-state index is 12.2. The highest BCUT2D eigenvalue weighted by molar-refractivity contribution is 6.03. The number of carbonyl (C=O) groups is 2. The zero-order valence-corrected chi connectivity index (χ0v) is 11.1. The van der Waals surface area contributed by atoms with E-state index in [4.69, 9.17) is 9.84 Å². The van der Waals surface area contributed by atoms with Crippen molar-refractivity contribution in [2.75, 3.05) is 26.3 Å². The molecule has 0 aliphatic carbocycles. The van der Waals surface area contributed by atoms with Gasteiger partial charge < -0.3 is 14.7 Å². The number of nitrogens with zero attached hydrogens (tertiary/aromatic N) is 2. The van der Waals surface area contributed by atoms with Gasteiger partial charge in [-0.3, -0.25) is 9.78 Å². The zero-order chi connectivity index (χ0) is 14.3. The standard InChI is InChI=1S/C13H18N2O4/c1-3-15(8-9-19-4-2)12(16)11-10(13(17)18)6-5-7-14-11/h5-7H,3-4,8-9H2,1-2H3,(H,17,18). The highest BCUT2D eigenvalue weighted by Gasteiger charge is 2.21. The van der Waals surface area contributed by atoms with Gasteiger partial charge in [0.2, 0.25) is 0 Å². The molecule has 0 saturated heterocycles. The van der Waals surface area contributed by atoms with Gasteiger partial charge in [0.1, 0.15) is 5.69 Å². The lowest BCUT2D eigenvalue weighted by molar-refractivity contribution is 0.0636. The third kappa shape index (κ3) is 4.03. The molecule has 1 heterocycles. The second kappa shape index (κ2) is 7.48. The summed E-state index contributed by atoms with van der Waals surface area (Å²) in [5.41, 5.74) is -0.115. The fourth-order valence-corrected chi connectivity index (χ4v) is 1.62. The summed E-state index contributed by atoms with van der Waals surface area (Å²) in [7, 11) is 0. The van der Waals surface area contributed by atoms with Crippen molar-refractivity contribution in [1.29, 1.82) is 0 Å². The molecule has 104 valence electrons. The number of aromatic carboxylic acids is 1. The van der Waals surface area contributed by atoms with Gasteiger partial charge in [-0.05, 0) is 26.0 Å². The van der Waals surface area contributed by atoms with E-state index in [1.54, 1.807) is 0 Å². The number of hydrogen-bond acceptors (Lipinski definition) is 4. The van der Waals surface area contributed by atoms with E-state index in [1.807, 2.05) is 13.8 Å². The van der Waals surface area contributed by atoms with Crippen LogP contribution in [0.1, 0.15) is 34.7 Å². The quantitative estimate of drug-likeness (QED) is 0.752. The van der Waals surface area contributed by atoms with Crippen molar-refractivity contribution in [3.63, 3.8) is 0 Å². The number of carboxylic acid groups (broad SMARTS) is 1. The van der Waals surface area contributed by atoms with Crippen LogP contribution in [0.25, 0.3) is 0 Å². The number of carbonyl (C=O) groups excluding carboxylic acids is 1. The molecule has 0 fully saturated rings. The van der Waals surface area contributed by atoms with Crippen LogP contribution in [0.15, 0.2) is 18.3 Å². The highest BCUT2D eigenvalue weighted by Crippen LogP contribution is 2.09. The monoisotopic (exact) mass is 266 g/mol. The van der Waals surface area contributed by atoms with Gasteiger partial charge in [-0.15, -0.1) is 0 Å². The summed E-state index contributed by atoms with van der Waals surface area (Å²) >= 11 is 0. The molecule has 0 radical (unpaired) electrons. The van der Waals surface area contributed by atoms with Crippen LogP contribution in [0.4, 0.5) is 0 Å². The molecule has 0 spiro atoms. The maximum Gasteiger partial charge on any atom is 0.338 e. The molecule has 0 saturated carbocycles. The Labute approximate surface area is 112 Å². The highest BCUT2D eigenvalue weighted by atomic mass is 16.5. The molecule has 0 unspecified atom stereocenters. The Balaban J connectivity index is 2.88. The Morgan fingerprint density at radius 1 is 1.42 bits per heavy atom. The topological polar surface area (TPSA) is 79.7 Å². The van der Waals surface area contributed by atoms with Gasteiger partial charge in [-0.1, -0.05) is 0 Å². The van der Waals surface area contributed by atoms with E-state index < -0.39 is 5.97 Å². The number of carboxylic acids is 1. The second-order valence-corrected chi connectivity index (χ2v) is 3.79. The molecule has 1 aromatic heterocycles. The lowest BCUT2D eigenvalue weighted by Crippen LogP contribution is -2.35. The molecular formula is C13H18N2O4.